The van der Waals surface area contributed by atoms with Gasteiger partial charge in [0.1, 0.15) is 12.0 Å². The number of amides is 1. The summed E-state index contributed by atoms with van der Waals surface area (Å²) in [5.41, 5.74) is 0.793. The monoisotopic (exact) mass is 434 g/mol. The van der Waals surface area contributed by atoms with Crippen LogP contribution in [0.4, 0.5) is 4.79 Å². The Bertz CT molecular complexity index is 904. The molecule has 1 unspecified atom stereocenters. The highest BCUT2D eigenvalue weighted by molar-refractivity contribution is 7.92. The van der Waals surface area contributed by atoms with Crippen LogP contribution in [0.15, 0.2) is 65.6 Å². The van der Waals surface area contributed by atoms with Crippen molar-refractivity contribution in [3.8, 4) is 0 Å². The lowest BCUT2D eigenvalue weighted by molar-refractivity contribution is -0.480. The van der Waals surface area contributed by atoms with E-state index in [1.54, 1.807) is 30.3 Å². The van der Waals surface area contributed by atoms with E-state index in [-0.39, 0.29) is 29.4 Å². The molecule has 0 fully saturated rings. The second-order valence-electron chi connectivity index (χ2n) is 6.81. The van der Waals surface area contributed by atoms with Gasteiger partial charge in [0, 0.05) is 11.3 Å². The summed E-state index contributed by atoms with van der Waals surface area (Å²) in [6.07, 6.45) is 1.59. The molecule has 0 aromatic heterocycles. The van der Waals surface area contributed by atoms with Crippen LogP contribution in [0.2, 0.25) is 0 Å². The Morgan fingerprint density at radius 2 is 1.57 bits per heavy atom. The third kappa shape index (κ3) is 7.82. The molecule has 0 spiro atoms. The number of unbranched alkanes of at least 4 members (excludes halogenated alkanes) is 3. The van der Waals surface area contributed by atoms with Gasteiger partial charge in [0.2, 0.25) is 6.54 Å². The van der Waals surface area contributed by atoms with Crippen molar-refractivity contribution < 1.29 is 22.9 Å². The van der Waals surface area contributed by atoms with Crippen molar-refractivity contribution in [2.45, 2.75) is 49.0 Å². The lowest BCUT2D eigenvalue weighted by atomic mass is 10.1. The van der Waals surface area contributed by atoms with E-state index in [0.717, 1.165) is 5.56 Å². The standard InChI is InChI=1S/C21H26N2O6S/c24-21(29-17-18-11-5-3-6-12-18)22-20(15-9-1-2-10-16-23(25)26)30(27,28)19-13-7-4-8-14-19/h3-8,11-14,20H,1-2,9-10,15-17H2,(H,22,24). The molecule has 0 saturated carbocycles. The molecule has 9 heteroatoms. The van der Waals surface area contributed by atoms with Gasteiger partial charge in [-0.25, -0.2) is 13.2 Å². The van der Waals surface area contributed by atoms with E-state index in [4.69, 9.17) is 4.74 Å². The first kappa shape index (κ1) is 23.3. The maximum atomic E-state index is 13.0. The zero-order valence-electron chi connectivity index (χ0n) is 16.6. The molecule has 0 aliphatic carbocycles. The molecule has 2 aromatic carbocycles. The molecule has 1 N–H and O–H groups in total. The summed E-state index contributed by atoms with van der Waals surface area (Å²) in [6.45, 7) is -0.0680. The van der Waals surface area contributed by atoms with Gasteiger partial charge >= 0.3 is 6.09 Å². The number of nitrogens with zero attached hydrogens (tertiary/aromatic N) is 1. The topological polar surface area (TPSA) is 116 Å². The van der Waals surface area contributed by atoms with Crippen LogP contribution in [0.5, 0.6) is 0 Å². The lowest BCUT2D eigenvalue weighted by Gasteiger charge is -2.19. The van der Waals surface area contributed by atoms with E-state index in [2.05, 4.69) is 5.32 Å². The van der Waals surface area contributed by atoms with Crippen molar-refractivity contribution in [2.24, 2.45) is 0 Å². The van der Waals surface area contributed by atoms with E-state index in [9.17, 15) is 23.3 Å². The molecule has 0 heterocycles. The number of hydrogen-bond donors (Lipinski definition) is 1. The van der Waals surface area contributed by atoms with Crippen LogP contribution < -0.4 is 5.32 Å². The number of nitro groups is 1. The van der Waals surface area contributed by atoms with Crippen LogP contribution in [0.25, 0.3) is 0 Å². The number of carbonyl (C=O) groups excluding carboxylic acids is 1. The number of hydrogen-bond acceptors (Lipinski definition) is 6. The number of nitrogens with one attached hydrogen (secondary N) is 1. The minimum absolute atomic E-state index is 0.0334. The number of alkyl carbamates (subject to hydrolysis) is 1. The quantitative estimate of drug-likeness (QED) is 0.307. The van der Waals surface area contributed by atoms with Crippen LogP contribution in [0.3, 0.4) is 0 Å². The van der Waals surface area contributed by atoms with Gasteiger partial charge in [-0.3, -0.25) is 10.1 Å². The van der Waals surface area contributed by atoms with Crippen molar-refractivity contribution >= 4 is 15.9 Å². The Morgan fingerprint density at radius 3 is 2.20 bits per heavy atom. The van der Waals surface area contributed by atoms with Gasteiger partial charge in [-0.2, -0.15) is 0 Å². The third-order valence-corrected chi connectivity index (χ3v) is 6.53. The zero-order chi connectivity index (χ0) is 21.8. The number of carbonyl (C=O) groups is 1. The SMILES string of the molecule is O=C(NC(CCCCCC[N+](=O)[O-])S(=O)(=O)c1ccccc1)OCc1ccccc1. The highest BCUT2D eigenvalue weighted by Gasteiger charge is 2.29. The molecule has 0 aliphatic rings. The molecule has 2 aromatic rings. The number of benzene rings is 2. The van der Waals surface area contributed by atoms with Gasteiger partial charge in [-0.1, -0.05) is 61.4 Å². The summed E-state index contributed by atoms with van der Waals surface area (Å²) in [7, 11) is -3.81. The second kappa shape index (κ2) is 11.9. The summed E-state index contributed by atoms with van der Waals surface area (Å²) in [6, 6.07) is 17.0. The summed E-state index contributed by atoms with van der Waals surface area (Å²) in [5.74, 6) is 0. The van der Waals surface area contributed by atoms with Crippen molar-refractivity contribution in [3.05, 3.63) is 76.3 Å². The van der Waals surface area contributed by atoms with Gasteiger partial charge < -0.3 is 10.1 Å². The minimum atomic E-state index is -3.81. The number of rotatable bonds is 12. The van der Waals surface area contributed by atoms with E-state index in [0.29, 0.717) is 25.7 Å². The van der Waals surface area contributed by atoms with Gasteiger partial charge in [-0.05, 0) is 30.5 Å². The first-order chi connectivity index (χ1) is 14.4. The van der Waals surface area contributed by atoms with Crippen molar-refractivity contribution in [1.29, 1.82) is 0 Å². The molecular formula is C21H26N2O6S. The first-order valence-corrected chi connectivity index (χ1v) is 11.3. The molecule has 0 radical (unpaired) electrons. The van der Waals surface area contributed by atoms with Gasteiger partial charge in [-0.15, -0.1) is 0 Å². The average Bonchev–Trinajstić information content (AvgIpc) is 2.75. The Balaban J connectivity index is 1.97. The molecule has 8 nitrogen and oxygen atoms in total. The number of sulfone groups is 1. The van der Waals surface area contributed by atoms with Crippen molar-refractivity contribution in [1.82, 2.24) is 5.32 Å². The molecule has 0 aliphatic heterocycles. The minimum Gasteiger partial charge on any atom is -0.445 e. The molecule has 0 bridgehead atoms. The van der Waals surface area contributed by atoms with E-state index < -0.39 is 21.3 Å². The number of ether oxygens (including phenoxy) is 1. The Kier molecular flexibility index (Phi) is 9.27. The van der Waals surface area contributed by atoms with Gasteiger partial charge in [0.25, 0.3) is 0 Å². The van der Waals surface area contributed by atoms with Crippen LogP contribution in [-0.4, -0.2) is 31.4 Å². The largest absolute Gasteiger partial charge is 0.445 e. The third-order valence-electron chi connectivity index (χ3n) is 4.49. The van der Waals surface area contributed by atoms with Crippen molar-refractivity contribution in [3.63, 3.8) is 0 Å². The molecular weight excluding hydrogens is 408 g/mol. The fourth-order valence-corrected chi connectivity index (χ4v) is 4.49. The van der Waals surface area contributed by atoms with Crippen LogP contribution in [0, 0.1) is 10.1 Å². The second-order valence-corrected chi connectivity index (χ2v) is 8.94. The fourth-order valence-electron chi connectivity index (χ4n) is 2.90. The average molecular weight is 435 g/mol. The smallest absolute Gasteiger partial charge is 0.408 e. The summed E-state index contributed by atoms with van der Waals surface area (Å²) < 4.78 is 31.2. The predicted octanol–water partition coefficient (Wildman–Crippen LogP) is 3.94. The lowest BCUT2D eigenvalue weighted by Crippen LogP contribution is -2.41. The normalized spacial score (nSPS) is 12.1. The van der Waals surface area contributed by atoms with Crippen LogP contribution in [-0.2, 0) is 21.2 Å². The molecule has 162 valence electrons. The highest BCUT2D eigenvalue weighted by atomic mass is 32.2. The molecule has 1 atom stereocenters. The maximum absolute atomic E-state index is 13.0. The van der Waals surface area contributed by atoms with E-state index in [1.165, 1.54) is 12.1 Å². The van der Waals surface area contributed by atoms with Crippen molar-refractivity contribution in [2.75, 3.05) is 6.54 Å². The molecule has 2 rings (SSSR count). The van der Waals surface area contributed by atoms with Crippen LogP contribution >= 0.6 is 0 Å². The summed E-state index contributed by atoms with van der Waals surface area (Å²) >= 11 is 0. The van der Waals surface area contributed by atoms with Gasteiger partial charge in [0.15, 0.2) is 9.84 Å². The van der Waals surface area contributed by atoms with Crippen LogP contribution in [0.1, 0.15) is 37.7 Å². The molecule has 30 heavy (non-hydrogen) atoms. The highest BCUT2D eigenvalue weighted by Crippen LogP contribution is 2.19. The Labute approximate surface area is 176 Å². The summed E-state index contributed by atoms with van der Waals surface area (Å²) in [4.78, 5) is 22.4. The predicted molar refractivity (Wildman–Crippen MR) is 112 cm³/mol. The first-order valence-electron chi connectivity index (χ1n) is 9.77. The molecule has 0 saturated heterocycles. The van der Waals surface area contributed by atoms with Gasteiger partial charge in [0.05, 0.1) is 4.90 Å². The van der Waals surface area contributed by atoms with E-state index >= 15 is 0 Å². The summed E-state index contributed by atoms with van der Waals surface area (Å²) in [5, 5.41) is 11.7. The Hall–Kier alpha value is -2.94. The Morgan fingerprint density at radius 1 is 0.967 bits per heavy atom. The zero-order valence-corrected chi connectivity index (χ0v) is 17.4. The van der Waals surface area contributed by atoms with E-state index in [1.807, 2.05) is 18.2 Å². The molecule has 1 amide bonds. The maximum Gasteiger partial charge on any atom is 0.408 e. The fraction of sp³-hybridized carbons (Fsp3) is 0.381.